The molecule has 18 heteroatoms. The predicted molar refractivity (Wildman–Crippen MR) is 172 cm³/mol. The molecule has 0 saturated carbocycles. The van der Waals surface area contributed by atoms with E-state index in [1.54, 1.807) is 4.57 Å². The molecule has 4 aromatic rings. The molecule has 3 aliphatic rings. The molecule has 7 N–H and O–H groups in total. The number of benzene rings is 1. The Kier molecular flexibility index (Phi) is 9.31. The highest BCUT2D eigenvalue weighted by molar-refractivity contribution is 5.84. The van der Waals surface area contributed by atoms with Crippen LogP contribution >= 0.6 is 0 Å². The third kappa shape index (κ3) is 6.61. The number of imidazole rings is 1. The zero-order valence-corrected chi connectivity index (χ0v) is 26.6. The fourth-order valence-electron chi connectivity index (χ4n) is 6.44. The van der Waals surface area contributed by atoms with Crippen molar-refractivity contribution < 1.29 is 24.9 Å². The topological polar surface area (TPSA) is 226 Å². The number of tetrazole rings is 1. The number of rotatable bonds is 11. The Labute approximate surface area is 275 Å². The minimum Gasteiger partial charge on any atom is -0.394 e. The molecule has 3 saturated heterocycles. The first-order chi connectivity index (χ1) is 23.4. The maximum absolute atomic E-state index is 12.7. The van der Waals surface area contributed by atoms with E-state index in [0.717, 1.165) is 25.1 Å². The van der Waals surface area contributed by atoms with Crippen molar-refractivity contribution in [1.29, 1.82) is 0 Å². The highest BCUT2D eigenvalue weighted by Crippen LogP contribution is 2.39. The van der Waals surface area contributed by atoms with Crippen molar-refractivity contribution in [3.63, 3.8) is 0 Å². The highest BCUT2D eigenvalue weighted by atomic mass is 16.6. The number of carbonyl (C=O) groups is 1. The summed E-state index contributed by atoms with van der Waals surface area (Å²) in [6, 6.07) is 9.21. The number of amides is 2. The lowest BCUT2D eigenvalue weighted by molar-refractivity contribution is -0.0384. The van der Waals surface area contributed by atoms with E-state index >= 15 is 0 Å². The normalized spacial score (nSPS) is 26.3. The standard InChI is InChI=1S/C30H41N13O5/c1-2-43-39-26(38-40-43)24-22(45)23(46)28(48-24)42-16-32-21-25(33-20(15-44)12-17-6-4-3-5-7-17)36-29(37-27(21)42)41-11-9-19(14-41)35-30(47)34-18-8-10-31-13-18/h3-7,16,18-20,22-24,28,31,44-46H,2,8-15H2,1H3,(H,33,36,37)(H2,34,35,47)/t18-,19+,20-,22-,23+,24-,28+/m0/s1. The molecule has 0 aliphatic carbocycles. The summed E-state index contributed by atoms with van der Waals surface area (Å²) >= 11 is 0. The van der Waals surface area contributed by atoms with Gasteiger partial charge in [0.2, 0.25) is 11.8 Å². The Hall–Kier alpha value is -4.49. The van der Waals surface area contributed by atoms with Crippen molar-refractivity contribution in [3.8, 4) is 0 Å². The number of urea groups is 1. The van der Waals surface area contributed by atoms with Gasteiger partial charge in [0, 0.05) is 31.7 Å². The van der Waals surface area contributed by atoms with Gasteiger partial charge in [-0.3, -0.25) is 4.57 Å². The van der Waals surface area contributed by atoms with Crippen LogP contribution in [0.5, 0.6) is 0 Å². The van der Waals surface area contributed by atoms with Crippen LogP contribution in [0, 0.1) is 0 Å². The van der Waals surface area contributed by atoms with Gasteiger partial charge in [-0.25, -0.2) is 9.78 Å². The van der Waals surface area contributed by atoms with E-state index < -0.39 is 30.6 Å². The Morgan fingerprint density at radius 3 is 2.71 bits per heavy atom. The number of hydrogen-bond acceptors (Lipinski definition) is 14. The average Bonchev–Trinajstić information content (AvgIpc) is 3.94. The summed E-state index contributed by atoms with van der Waals surface area (Å²) in [6.45, 7) is 4.89. The molecule has 3 aromatic heterocycles. The first kappa shape index (κ1) is 32.1. The second-order valence-electron chi connectivity index (χ2n) is 12.4. The SMILES string of the molecule is CCn1nnc([C@H]2O[C@@H](n3cnc4c(N[C@H](CO)Cc5ccccc5)nc(N5CC[C@@H](NC(=O)N[C@H]6CCNC6)C5)nc43)[C@H](O)[C@@H]2O)n1. The smallest absolute Gasteiger partial charge is 0.315 e. The summed E-state index contributed by atoms with van der Waals surface area (Å²) < 4.78 is 7.69. The Bertz CT molecular complexity index is 1700. The number of aromatic nitrogens is 8. The summed E-state index contributed by atoms with van der Waals surface area (Å²) in [5, 5.41) is 57.3. The van der Waals surface area contributed by atoms with Gasteiger partial charge in [-0.05, 0) is 43.5 Å². The molecule has 7 rings (SSSR count). The zero-order chi connectivity index (χ0) is 33.2. The van der Waals surface area contributed by atoms with Crippen LogP contribution in [0.1, 0.15) is 43.5 Å². The van der Waals surface area contributed by atoms with Crippen LogP contribution < -0.4 is 26.2 Å². The number of carbonyl (C=O) groups excluding carboxylic acids is 1. The second-order valence-corrected chi connectivity index (χ2v) is 12.4. The number of hydrogen-bond donors (Lipinski definition) is 7. The number of aliphatic hydroxyl groups excluding tert-OH is 3. The maximum Gasteiger partial charge on any atom is 0.315 e. The van der Waals surface area contributed by atoms with Gasteiger partial charge in [0.05, 0.1) is 25.5 Å². The number of nitrogens with one attached hydrogen (secondary N) is 4. The van der Waals surface area contributed by atoms with Crippen LogP contribution in [-0.4, -0.2) is 124 Å². The van der Waals surface area contributed by atoms with Crippen molar-refractivity contribution in [2.75, 3.05) is 43.0 Å². The molecule has 1 aromatic carbocycles. The molecule has 48 heavy (non-hydrogen) atoms. The Morgan fingerprint density at radius 2 is 1.96 bits per heavy atom. The molecule has 3 aliphatic heterocycles. The van der Waals surface area contributed by atoms with Gasteiger partial charge < -0.3 is 46.2 Å². The van der Waals surface area contributed by atoms with Gasteiger partial charge in [0.15, 0.2) is 29.3 Å². The van der Waals surface area contributed by atoms with Crippen LogP contribution in [0.25, 0.3) is 11.2 Å². The first-order valence-corrected chi connectivity index (χ1v) is 16.4. The van der Waals surface area contributed by atoms with Gasteiger partial charge in [-0.1, -0.05) is 30.3 Å². The Morgan fingerprint density at radius 1 is 1.12 bits per heavy atom. The van der Waals surface area contributed by atoms with Crippen molar-refractivity contribution in [3.05, 3.63) is 48.0 Å². The van der Waals surface area contributed by atoms with Crippen LogP contribution in [0.15, 0.2) is 36.7 Å². The molecule has 256 valence electrons. The predicted octanol–water partition coefficient (Wildman–Crippen LogP) is -0.920. The quantitative estimate of drug-likeness (QED) is 0.103. The largest absolute Gasteiger partial charge is 0.394 e. The fraction of sp³-hybridized carbons (Fsp3) is 0.567. The second kappa shape index (κ2) is 13.9. The molecule has 0 spiro atoms. The summed E-state index contributed by atoms with van der Waals surface area (Å²) in [7, 11) is 0. The van der Waals surface area contributed by atoms with Gasteiger partial charge >= 0.3 is 6.03 Å². The van der Waals surface area contributed by atoms with E-state index in [0.29, 0.717) is 55.4 Å². The summed E-state index contributed by atoms with van der Waals surface area (Å²) in [5.74, 6) is 0.928. The molecular formula is C30H41N13O5. The van der Waals surface area contributed by atoms with Crippen molar-refractivity contribution in [2.24, 2.45) is 0 Å². The third-order valence-electron chi connectivity index (χ3n) is 9.02. The average molecular weight is 664 g/mol. The highest BCUT2D eigenvalue weighted by Gasteiger charge is 2.47. The number of nitrogens with zero attached hydrogens (tertiary/aromatic N) is 9. The van der Waals surface area contributed by atoms with Gasteiger partial charge in [0.25, 0.3) is 0 Å². The lowest BCUT2D eigenvalue weighted by atomic mass is 10.1. The van der Waals surface area contributed by atoms with Crippen molar-refractivity contribution in [1.82, 2.24) is 55.7 Å². The fourth-order valence-corrected chi connectivity index (χ4v) is 6.44. The summed E-state index contributed by atoms with van der Waals surface area (Å²) in [5.41, 5.74) is 1.78. The maximum atomic E-state index is 12.7. The van der Waals surface area contributed by atoms with Crippen LogP contribution in [0.4, 0.5) is 16.6 Å². The number of aryl methyl sites for hydroxylation is 1. The lowest BCUT2D eigenvalue weighted by Crippen LogP contribution is -2.47. The van der Waals surface area contributed by atoms with Crippen molar-refractivity contribution in [2.45, 2.75) is 75.4 Å². The third-order valence-corrected chi connectivity index (χ3v) is 9.02. The molecule has 6 heterocycles. The van der Waals surface area contributed by atoms with Crippen LogP contribution in [0.2, 0.25) is 0 Å². The number of ether oxygens (including phenoxy) is 1. The van der Waals surface area contributed by atoms with Gasteiger partial charge in [-0.2, -0.15) is 14.8 Å². The van der Waals surface area contributed by atoms with E-state index in [1.165, 1.54) is 11.1 Å². The molecular weight excluding hydrogens is 622 g/mol. The van der Waals surface area contributed by atoms with E-state index in [4.69, 9.17) is 14.7 Å². The number of anilines is 2. The summed E-state index contributed by atoms with van der Waals surface area (Å²) in [4.78, 5) is 30.3. The molecule has 0 bridgehead atoms. The van der Waals surface area contributed by atoms with Crippen LogP contribution in [-0.2, 0) is 17.7 Å². The molecule has 7 atom stereocenters. The molecule has 3 fully saturated rings. The first-order valence-electron chi connectivity index (χ1n) is 16.4. The molecule has 0 radical (unpaired) electrons. The monoisotopic (exact) mass is 663 g/mol. The van der Waals surface area contributed by atoms with Gasteiger partial charge in [0.1, 0.15) is 12.2 Å². The van der Waals surface area contributed by atoms with Crippen molar-refractivity contribution >= 4 is 29.0 Å². The minimum absolute atomic E-state index is 0.109. The molecule has 2 amide bonds. The Balaban J connectivity index is 1.17. The van der Waals surface area contributed by atoms with E-state index in [2.05, 4.69) is 41.7 Å². The lowest BCUT2D eigenvalue weighted by Gasteiger charge is -2.22. The summed E-state index contributed by atoms with van der Waals surface area (Å²) in [6.07, 6.45) is -1.18. The van der Waals surface area contributed by atoms with E-state index in [1.807, 2.05) is 42.2 Å². The minimum atomic E-state index is -1.35. The van der Waals surface area contributed by atoms with E-state index in [-0.39, 0.29) is 30.5 Å². The molecule has 18 nitrogen and oxygen atoms in total. The zero-order valence-electron chi connectivity index (χ0n) is 26.6. The number of fused-ring (bicyclic) bond motifs is 1. The molecule has 0 unspecified atom stereocenters. The number of aliphatic hydroxyl groups is 3. The van der Waals surface area contributed by atoms with Crippen LogP contribution in [0.3, 0.4) is 0 Å². The van der Waals surface area contributed by atoms with Gasteiger partial charge in [-0.15, -0.1) is 10.2 Å². The van der Waals surface area contributed by atoms with E-state index in [9.17, 15) is 20.1 Å².